The van der Waals surface area contributed by atoms with Crippen LogP contribution in [0, 0.1) is 13.8 Å². The Morgan fingerprint density at radius 3 is 2.26 bits per heavy atom. The molecule has 0 aliphatic carbocycles. The van der Waals surface area contributed by atoms with Gasteiger partial charge in [-0.15, -0.1) is 0 Å². The number of aliphatic hydroxyl groups is 2. The third kappa shape index (κ3) is 3.94. The Labute approximate surface area is 112 Å². The van der Waals surface area contributed by atoms with Crippen LogP contribution in [0.2, 0.25) is 0 Å². The Morgan fingerprint density at radius 1 is 1.26 bits per heavy atom. The third-order valence-corrected chi connectivity index (χ3v) is 2.90. The highest BCUT2D eigenvalue weighted by Gasteiger charge is 2.23. The molecule has 0 heterocycles. The zero-order valence-electron chi connectivity index (χ0n) is 11.4. The van der Waals surface area contributed by atoms with E-state index in [9.17, 15) is 20.1 Å². The summed E-state index contributed by atoms with van der Waals surface area (Å²) in [7, 11) is 0. The average molecular weight is 268 g/mol. The van der Waals surface area contributed by atoms with Crippen LogP contribution >= 0.6 is 0 Å². The Bertz CT molecular complexity index is 432. The van der Waals surface area contributed by atoms with E-state index >= 15 is 0 Å². The first-order chi connectivity index (χ1) is 8.86. The van der Waals surface area contributed by atoms with E-state index in [0.29, 0.717) is 16.7 Å². The molecule has 0 fully saturated rings. The lowest BCUT2D eigenvalue weighted by atomic mass is 9.97. The Kier molecular flexibility index (Phi) is 5.32. The molecule has 0 spiro atoms. The minimum atomic E-state index is -1.23. The van der Waals surface area contributed by atoms with Crippen molar-refractivity contribution < 1.29 is 24.9 Å². The number of esters is 1. The number of aliphatic hydroxyl groups excluding tert-OH is 2. The van der Waals surface area contributed by atoms with E-state index in [0.717, 1.165) is 0 Å². The number of carbonyl (C=O) groups excluding carboxylic acids is 1. The highest BCUT2D eigenvalue weighted by atomic mass is 16.5. The lowest BCUT2D eigenvalue weighted by Crippen LogP contribution is -2.23. The summed E-state index contributed by atoms with van der Waals surface area (Å²) in [4.78, 5) is 11.2. The molecule has 2 atom stereocenters. The summed E-state index contributed by atoms with van der Waals surface area (Å²) in [6.07, 6.45) is -2.70. The highest BCUT2D eigenvalue weighted by molar-refractivity contribution is 5.70. The van der Waals surface area contributed by atoms with Crippen molar-refractivity contribution in [3.63, 3.8) is 0 Å². The molecule has 0 saturated carbocycles. The molecule has 19 heavy (non-hydrogen) atoms. The topological polar surface area (TPSA) is 87.0 Å². The maximum absolute atomic E-state index is 11.2. The van der Waals surface area contributed by atoms with Crippen LogP contribution in [-0.2, 0) is 9.53 Å². The van der Waals surface area contributed by atoms with Crippen molar-refractivity contribution in [2.45, 2.75) is 39.4 Å². The fourth-order valence-electron chi connectivity index (χ4n) is 1.88. The van der Waals surface area contributed by atoms with Crippen molar-refractivity contribution in [2.75, 3.05) is 6.61 Å². The van der Waals surface area contributed by atoms with Crippen LogP contribution in [0.5, 0.6) is 5.75 Å². The van der Waals surface area contributed by atoms with Gasteiger partial charge in [-0.3, -0.25) is 4.79 Å². The van der Waals surface area contributed by atoms with Gasteiger partial charge in [0, 0.05) is 0 Å². The van der Waals surface area contributed by atoms with Crippen LogP contribution in [0.3, 0.4) is 0 Å². The second-order valence-corrected chi connectivity index (χ2v) is 4.52. The lowest BCUT2D eigenvalue weighted by Gasteiger charge is -2.19. The molecule has 3 N–H and O–H groups in total. The van der Waals surface area contributed by atoms with Gasteiger partial charge in [-0.25, -0.2) is 0 Å². The van der Waals surface area contributed by atoms with E-state index in [4.69, 9.17) is 4.74 Å². The molecule has 0 amide bonds. The number of aromatic hydroxyl groups is 1. The maximum atomic E-state index is 11.2. The summed E-state index contributed by atoms with van der Waals surface area (Å²) < 4.78 is 4.72. The second-order valence-electron chi connectivity index (χ2n) is 4.52. The first kappa shape index (κ1) is 15.5. The summed E-state index contributed by atoms with van der Waals surface area (Å²) in [5.74, 6) is -0.392. The standard InChI is InChI=1S/C14H20O5/c1-4-19-12(16)7-11(15)14(18)10-5-8(2)13(17)9(3)6-10/h5-6,11,14-15,17-18H,4,7H2,1-3H3. The largest absolute Gasteiger partial charge is 0.507 e. The van der Waals surface area contributed by atoms with Crippen LogP contribution in [-0.4, -0.2) is 34.0 Å². The number of benzene rings is 1. The molecule has 1 aromatic carbocycles. The summed E-state index contributed by atoms with van der Waals surface area (Å²) in [6.45, 7) is 5.32. The average Bonchev–Trinajstić information content (AvgIpc) is 2.34. The Balaban J connectivity index is 2.82. The summed E-state index contributed by atoms with van der Waals surface area (Å²) in [5, 5.41) is 29.5. The predicted octanol–water partition coefficient (Wildman–Crippen LogP) is 1.36. The van der Waals surface area contributed by atoms with E-state index in [1.54, 1.807) is 32.9 Å². The quantitative estimate of drug-likeness (QED) is 0.702. The number of rotatable bonds is 5. The first-order valence-corrected chi connectivity index (χ1v) is 6.18. The molecule has 5 nitrogen and oxygen atoms in total. The maximum Gasteiger partial charge on any atom is 0.308 e. The number of ether oxygens (including phenoxy) is 1. The number of carbonyl (C=O) groups is 1. The van der Waals surface area contributed by atoms with Gasteiger partial charge in [-0.05, 0) is 49.6 Å². The summed E-state index contributed by atoms with van der Waals surface area (Å²) >= 11 is 0. The Morgan fingerprint density at radius 2 is 1.79 bits per heavy atom. The van der Waals surface area contributed by atoms with Gasteiger partial charge in [0.05, 0.1) is 19.1 Å². The summed E-state index contributed by atoms with van der Waals surface area (Å²) in [6, 6.07) is 3.17. The fourth-order valence-corrected chi connectivity index (χ4v) is 1.88. The van der Waals surface area contributed by atoms with Crippen LogP contribution in [0.15, 0.2) is 12.1 Å². The van der Waals surface area contributed by atoms with Crippen LogP contribution in [0.1, 0.15) is 36.1 Å². The molecule has 0 aliphatic rings. The van der Waals surface area contributed by atoms with Crippen molar-refractivity contribution in [1.29, 1.82) is 0 Å². The van der Waals surface area contributed by atoms with Crippen molar-refractivity contribution in [1.82, 2.24) is 0 Å². The zero-order valence-corrected chi connectivity index (χ0v) is 11.4. The van der Waals surface area contributed by atoms with Gasteiger partial charge in [-0.1, -0.05) is 0 Å². The minimum Gasteiger partial charge on any atom is -0.507 e. The molecular weight excluding hydrogens is 248 g/mol. The van der Waals surface area contributed by atoms with Gasteiger partial charge in [0.25, 0.3) is 0 Å². The van der Waals surface area contributed by atoms with Gasteiger partial charge in [0.2, 0.25) is 0 Å². The number of aryl methyl sites for hydroxylation is 2. The smallest absolute Gasteiger partial charge is 0.308 e. The van der Waals surface area contributed by atoms with Crippen LogP contribution < -0.4 is 0 Å². The fraction of sp³-hybridized carbons (Fsp3) is 0.500. The first-order valence-electron chi connectivity index (χ1n) is 6.18. The molecule has 1 aromatic rings. The number of hydrogen-bond donors (Lipinski definition) is 3. The Hall–Kier alpha value is -1.59. The minimum absolute atomic E-state index is 0.163. The molecule has 106 valence electrons. The van der Waals surface area contributed by atoms with Gasteiger partial charge < -0.3 is 20.1 Å². The molecule has 1 rings (SSSR count). The zero-order chi connectivity index (χ0) is 14.6. The van der Waals surface area contributed by atoms with Crippen LogP contribution in [0.4, 0.5) is 0 Å². The third-order valence-electron chi connectivity index (χ3n) is 2.90. The molecule has 0 aliphatic heterocycles. The molecule has 0 bridgehead atoms. The van der Waals surface area contributed by atoms with Crippen molar-refractivity contribution in [3.05, 3.63) is 28.8 Å². The molecule has 0 aromatic heterocycles. The lowest BCUT2D eigenvalue weighted by molar-refractivity contribution is -0.147. The van der Waals surface area contributed by atoms with E-state index in [1.807, 2.05) is 0 Å². The molecule has 2 unspecified atom stereocenters. The normalized spacial score (nSPS) is 13.9. The van der Waals surface area contributed by atoms with E-state index in [1.165, 1.54) is 0 Å². The van der Waals surface area contributed by atoms with Crippen molar-refractivity contribution in [2.24, 2.45) is 0 Å². The number of hydrogen-bond acceptors (Lipinski definition) is 5. The number of phenolic OH excluding ortho intramolecular Hbond substituents is 1. The summed E-state index contributed by atoms with van der Waals surface area (Å²) in [5.41, 5.74) is 1.68. The van der Waals surface area contributed by atoms with Crippen LogP contribution in [0.25, 0.3) is 0 Å². The van der Waals surface area contributed by atoms with Crippen molar-refractivity contribution in [3.8, 4) is 5.75 Å². The monoisotopic (exact) mass is 268 g/mol. The second kappa shape index (κ2) is 6.54. The number of phenols is 1. The molecule has 5 heteroatoms. The van der Waals surface area contributed by atoms with E-state index in [2.05, 4.69) is 0 Å². The molecule has 0 radical (unpaired) electrons. The van der Waals surface area contributed by atoms with Gasteiger partial charge in [0.1, 0.15) is 11.9 Å². The van der Waals surface area contributed by atoms with Gasteiger partial charge >= 0.3 is 5.97 Å². The van der Waals surface area contributed by atoms with E-state index < -0.39 is 18.2 Å². The highest BCUT2D eigenvalue weighted by Crippen LogP contribution is 2.28. The van der Waals surface area contributed by atoms with Gasteiger partial charge in [-0.2, -0.15) is 0 Å². The molecule has 0 saturated heterocycles. The SMILES string of the molecule is CCOC(=O)CC(O)C(O)c1cc(C)c(O)c(C)c1. The van der Waals surface area contributed by atoms with E-state index in [-0.39, 0.29) is 18.8 Å². The predicted molar refractivity (Wildman–Crippen MR) is 69.8 cm³/mol. The van der Waals surface area contributed by atoms with Gasteiger partial charge in [0.15, 0.2) is 0 Å². The molecular formula is C14H20O5. The van der Waals surface area contributed by atoms with Crippen molar-refractivity contribution >= 4 is 5.97 Å².